The van der Waals surface area contributed by atoms with Gasteiger partial charge in [-0.25, -0.2) is 0 Å². The van der Waals surface area contributed by atoms with Gasteiger partial charge in [0, 0.05) is 6.04 Å². The highest BCUT2D eigenvalue weighted by Crippen LogP contribution is 2.24. The fourth-order valence-corrected chi connectivity index (χ4v) is 1.74. The van der Waals surface area contributed by atoms with Crippen molar-refractivity contribution in [3.8, 4) is 0 Å². The Kier molecular flexibility index (Phi) is 4.39. The fraction of sp³-hybridized carbons (Fsp3) is 0.467. The van der Waals surface area contributed by atoms with Crippen molar-refractivity contribution in [2.24, 2.45) is 5.41 Å². The summed E-state index contributed by atoms with van der Waals surface area (Å²) < 4.78 is 5.43. The third-order valence-electron chi connectivity index (χ3n) is 3.39. The molecule has 0 bridgehead atoms. The number of carboxylic acids is 1. The molecular formula is C15H19NO4. The number of rotatable bonds is 7. The van der Waals surface area contributed by atoms with Crippen molar-refractivity contribution >= 4 is 11.9 Å². The van der Waals surface area contributed by atoms with Gasteiger partial charge in [0.05, 0.1) is 13.2 Å². The van der Waals surface area contributed by atoms with Gasteiger partial charge < -0.3 is 15.2 Å². The molecule has 1 unspecified atom stereocenters. The van der Waals surface area contributed by atoms with E-state index >= 15 is 0 Å². The minimum absolute atomic E-state index is 0.135. The van der Waals surface area contributed by atoms with Crippen LogP contribution in [0.25, 0.3) is 0 Å². The molecule has 5 nitrogen and oxygen atoms in total. The summed E-state index contributed by atoms with van der Waals surface area (Å²) in [5.41, 5.74) is -0.597. The molecule has 2 N–H and O–H groups in total. The zero-order valence-corrected chi connectivity index (χ0v) is 11.5. The molecule has 1 aliphatic rings. The molecule has 0 aromatic heterocycles. The van der Waals surface area contributed by atoms with E-state index in [1.54, 1.807) is 0 Å². The molecule has 1 atom stereocenters. The number of ether oxygens (including phenoxy) is 1. The highest BCUT2D eigenvalue weighted by molar-refractivity contribution is 6.01. The Bertz CT molecular complexity index is 484. The second-order valence-corrected chi connectivity index (χ2v) is 5.36. The number of nitrogens with one attached hydrogen (secondary N) is 1. The Balaban J connectivity index is 1.91. The highest BCUT2D eigenvalue weighted by atomic mass is 16.5. The zero-order chi connectivity index (χ0) is 14.6. The quantitative estimate of drug-likeness (QED) is 0.742. The Hall–Kier alpha value is -1.88. The Labute approximate surface area is 117 Å². The first-order chi connectivity index (χ1) is 9.52. The molecule has 0 heterocycles. The van der Waals surface area contributed by atoms with Crippen LogP contribution < -0.4 is 5.32 Å². The van der Waals surface area contributed by atoms with Crippen molar-refractivity contribution in [1.82, 2.24) is 5.32 Å². The van der Waals surface area contributed by atoms with E-state index in [0.29, 0.717) is 6.61 Å². The summed E-state index contributed by atoms with van der Waals surface area (Å²) in [5, 5.41) is 12.0. The summed E-state index contributed by atoms with van der Waals surface area (Å²) in [6, 6.07) is 9.58. The average Bonchev–Trinajstić information content (AvgIpc) is 3.23. The molecule has 2 rings (SSSR count). The normalized spacial score (nSPS) is 17.2. The summed E-state index contributed by atoms with van der Waals surface area (Å²) in [5.74, 6) is -1.63. The maximum absolute atomic E-state index is 12.0. The van der Waals surface area contributed by atoms with Crippen molar-refractivity contribution in [3.63, 3.8) is 0 Å². The predicted molar refractivity (Wildman–Crippen MR) is 73.0 cm³/mol. The van der Waals surface area contributed by atoms with Gasteiger partial charge in [0.2, 0.25) is 5.91 Å². The monoisotopic (exact) mass is 277 g/mol. The number of aliphatic carboxylic acids is 1. The molecule has 1 amide bonds. The van der Waals surface area contributed by atoms with Crippen LogP contribution in [0.3, 0.4) is 0 Å². The molecule has 0 spiro atoms. The summed E-state index contributed by atoms with van der Waals surface area (Å²) >= 11 is 0. The van der Waals surface area contributed by atoms with E-state index in [4.69, 9.17) is 4.74 Å². The van der Waals surface area contributed by atoms with Gasteiger partial charge >= 0.3 is 5.97 Å². The van der Waals surface area contributed by atoms with Crippen LogP contribution in [0.1, 0.15) is 25.3 Å². The minimum atomic E-state index is -1.54. The van der Waals surface area contributed by atoms with Gasteiger partial charge in [-0.15, -0.1) is 0 Å². The van der Waals surface area contributed by atoms with Crippen LogP contribution in [0.5, 0.6) is 0 Å². The maximum atomic E-state index is 12.0. The standard InChI is InChI=1S/C15H19NO4/c1-15(14(18)19,13(17)16-12-7-8-12)10-20-9-11-5-3-2-4-6-11/h2-6,12H,7-10H2,1H3,(H,16,17)(H,18,19). The number of amides is 1. The maximum Gasteiger partial charge on any atom is 0.321 e. The fourth-order valence-electron chi connectivity index (χ4n) is 1.74. The van der Waals surface area contributed by atoms with Gasteiger partial charge in [-0.1, -0.05) is 30.3 Å². The molecule has 0 saturated heterocycles. The van der Waals surface area contributed by atoms with Gasteiger partial charge in [0.1, 0.15) is 0 Å². The Morgan fingerprint density at radius 1 is 1.35 bits per heavy atom. The molecule has 1 fully saturated rings. The van der Waals surface area contributed by atoms with E-state index in [1.807, 2.05) is 30.3 Å². The first-order valence-corrected chi connectivity index (χ1v) is 6.68. The minimum Gasteiger partial charge on any atom is -0.480 e. The summed E-state index contributed by atoms with van der Waals surface area (Å²) in [7, 11) is 0. The molecule has 108 valence electrons. The molecule has 1 aromatic rings. The molecule has 1 aliphatic carbocycles. The second kappa shape index (κ2) is 6.05. The number of hydrogen-bond donors (Lipinski definition) is 2. The lowest BCUT2D eigenvalue weighted by Gasteiger charge is -2.23. The van der Waals surface area contributed by atoms with Crippen molar-refractivity contribution in [2.45, 2.75) is 32.4 Å². The van der Waals surface area contributed by atoms with Crippen LogP contribution in [0, 0.1) is 5.41 Å². The van der Waals surface area contributed by atoms with Gasteiger partial charge in [-0.3, -0.25) is 9.59 Å². The first-order valence-electron chi connectivity index (χ1n) is 6.68. The van der Waals surface area contributed by atoms with E-state index in [1.165, 1.54) is 6.92 Å². The second-order valence-electron chi connectivity index (χ2n) is 5.36. The van der Waals surface area contributed by atoms with E-state index in [0.717, 1.165) is 18.4 Å². The van der Waals surface area contributed by atoms with E-state index in [2.05, 4.69) is 5.32 Å². The molecule has 1 aromatic carbocycles. The number of carbonyl (C=O) groups is 2. The summed E-state index contributed by atoms with van der Waals surface area (Å²) in [6.45, 7) is 1.55. The van der Waals surface area contributed by atoms with Crippen LogP contribution in [0.4, 0.5) is 0 Å². The average molecular weight is 277 g/mol. The van der Waals surface area contributed by atoms with Crippen LogP contribution in [-0.2, 0) is 20.9 Å². The van der Waals surface area contributed by atoms with Crippen molar-refractivity contribution in [1.29, 1.82) is 0 Å². The molecule has 5 heteroatoms. The Morgan fingerprint density at radius 3 is 2.55 bits per heavy atom. The van der Waals surface area contributed by atoms with Crippen LogP contribution >= 0.6 is 0 Å². The first kappa shape index (κ1) is 14.5. The van der Waals surface area contributed by atoms with E-state index in [9.17, 15) is 14.7 Å². The molecule has 1 saturated carbocycles. The smallest absolute Gasteiger partial charge is 0.321 e. The van der Waals surface area contributed by atoms with Gasteiger partial charge in [-0.2, -0.15) is 0 Å². The lowest BCUT2D eigenvalue weighted by Crippen LogP contribution is -2.48. The van der Waals surface area contributed by atoms with Gasteiger partial charge in [-0.05, 0) is 25.3 Å². The predicted octanol–water partition coefficient (Wildman–Crippen LogP) is 1.57. The van der Waals surface area contributed by atoms with Gasteiger partial charge in [0.15, 0.2) is 5.41 Å². The largest absolute Gasteiger partial charge is 0.480 e. The van der Waals surface area contributed by atoms with Crippen LogP contribution in [-0.4, -0.2) is 29.6 Å². The van der Waals surface area contributed by atoms with Crippen molar-refractivity contribution in [2.75, 3.05) is 6.61 Å². The third-order valence-corrected chi connectivity index (χ3v) is 3.39. The van der Waals surface area contributed by atoms with Crippen molar-refractivity contribution < 1.29 is 19.4 Å². The highest BCUT2D eigenvalue weighted by Gasteiger charge is 2.43. The van der Waals surface area contributed by atoms with Crippen LogP contribution in [0.15, 0.2) is 30.3 Å². The van der Waals surface area contributed by atoms with E-state index < -0.39 is 17.3 Å². The molecule has 20 heavy (non-hydrogen) atoms. The number of carboxylic acid groups (broad SMARTS) is 1. The zero-order valence-electron chi connectivity index (χ0n) is 11.5. The molecular weight excluding hydrogens is 258 g/mol. The SMILES string of the molecule is CC(COCc1ccccc1)(C(=O)O)C(=O)NC1CC1. The van der Waals surface area contributed by atoms with Crippen LogP contribution in [0.2, 0.25) is 0 Å². The summed E-state index contributed by atoms with van der Waals surface area (Å²) in [6.07, 6.45) is 1.85. The van der Waals surface area contributed by atoms with Gasteiger partial charge in [0.25, 0.3) is 0 Å². The summed E-state index contributed by atoms with van der Waals surface area (Å²) in [4.78, 5) is 23.4. The third kappa shape index (κ3) is 3.57. The molecule has 0 aliphatic heterocycles. The molecule has 0 radical (unpaired) electrons. The number of hydrogen-bond acceptors (Lipinski definition) is 3. The number of benzene rings is 1. The lowest BCUT2D eigenvalue weighted by molar-refractivity contribution is -0.159. The topological polar surface area (TPSA) is 75.6 Å². The van der Waals surface area contributed by atoms with Crippen molar-refractivity contribution in [3.05, 3.63) is 35.9 Å². The Morgan fingerprint density at radius 2 is 2.00 bits per heavy atom. The number of carbonyl (C=O) groups excluding carboxylic acids is 1. The van der Waals surface area contributed by atoms with E-state index in [-0.39, 0.29) is 12.6 Å². The lowest BCUT2D eigenvalue weighted by atomic mass is 9.90.